The Bertz CT molecular complexity index is 306. The SMILES string of the molecule is CCCC1(C(=O)NC(C)C(=O)OCC)CCCNC1. The monoisotopic (exact) mass is 270 g/mol. The van der Waals surface area contributed by atoms with Crippen molar-refractivity contribution in [2.24, 2.45) is 5.41 Å². The van der Waals surface area contributed by atoms with Crippen LogP contribution in [0.2, 0.25) is 0 Å². The standard InChI is InChI=1S/C14H26N2O3/c1-4-7-14(8-6-9-15-10-14)13(18)16-11(3)12(17)19-5-2/h11,15H,4-10H2,1-3H3,(H,16,18). The van der Waals surface area contributed by atoms with E-state index in [1.54, 1.807) is 13.8 Å². The molecule has 1 aliphatic rings. The summed E-state index contributed by atoms with van der Waals surface area (Å²) < 4.78 is 4.92. The molecule has 2 atom stereocenters. The molecule has 0 aromatic rings. The highest BCUT2D eigenvalue weighted by atomic mass is 16.5. The molecule has 19 heavy (non-hydrogen) atoms. The zero-order chi connectivity index (χ0) is 14.3. The first-order valence-electron chi connectivity index (χ1n) is 7.24. The highest BCUT2D eigenvalue weighted by Gasteiger charge is 2.39. The lowest BCUT2D eigenvalue weighted by atomic mass is 9.76. The molecule has 1 heterocycles. The molecule has 0 aliphatic carbocycles. The Labute approximate surface area is 115 Å². The maximum Gasteiger partial charge on any atom is 0.328 e. The van der Waals surface area contributed by atoms with E-state index >= 15 is 0 Å². The van der Waals surface area contributed by atoms with E-state index in [-0.39, 0.29) is 17.3 Å². The van der Waals surface area contributed by atoms with Crippen LogP contribution in [0.3, 0.4) is 0 Å². The van der Waals surface area contributed by atoms with Gasteiger partial charge in [-0.15, -0.1) is 0 Å². The van der Waals surface area contributed by atoms with E-state index < -0.39 is 6.04 Å². The van der Waals surface area contributed by atoms with Crippen LogP contribution in [-0.2, 0) is 14.3 Å². The van der Waals surface area contributed by atoms with Gasteiger partial charge in [-0.25, -0.2) is 4.79 Å². The van der Waals surface area contributed by atoms with Gasteiger partial charge >= 0.3 is 5.97 Å². The van der Waals surface area contributed by atoms with Crippen molar-refractivity contribution < 1.29 is 14.3 Å². The third kappa shape index (κ3) is 4.20. The maximum absolute atomic E-state index is 12.5. The molecular weight excluding hydrogens is 244 g/mol. The van der Waals surface area contributed by atoms with Gasteiger partial charge in [0.2, 0.25) is 5.91 Å². The molecule has 0 radical (unpaired) electrons. The molecule has 2 N–H and O–H groups in total. The normalized spacial score (nSPS) is 24.6. The molecule has 110 valence electrons. The molecule has 1 aliphatic heterocycles. The van der Waals surface area contributed by atoms with Crippen molar-refractivity contribution >= 4 is 11.9 Å². The summed E-state index contributed by atoms with van der Waals surface area (Å²) in [5, 5.41) is 6.10. The summed E-state index contributed by atoms with van der Waals surface area (Å²) in [4.78, 5) is 24.0. The van der Waals surface area contributed by atoms with Gasteiger partial charge < -0.3 is 15.4 Å². The lowest BCUT2D eigenvalue weighted by Gasteiger charge is -2.36. The third-order valence-corrected chi connectivity index (χ3v) is 3.67. The van der Waals surface area contributed by atoms with Crippen LogP contribution in [0.15, 0.2) is 0 Å². The van der Waals surface area contributed by atoms with E-state index in [1.165, 1.54) is 0 Å². The van der Waals surface area contributed by atoms with Gasteiger partial charge in [0.25, 0.3) is 0 Å². The topological polar surface area (TPSA) is 67.4 Å². The smallest absolute Gasteiger partial charge is 0.328 e. The first-order valence-corrected chi connectivity index (χ1v) is 7.24. The second-order valence-corrected chi connectivity index (χ2v) is 5.26. The van der Waals surface area contributed by atoms with Crippen LogP contribution in [0.25, 0.3) is 0 Å². The van der Waals surface area contributed by atoms with Crippen LogP contribution < -0.4 is 10.6 Å². The van der Waals surface area contributed by atoms with Gasteiger partial charge in [-0.05, 0) is 39.7 Å². The molecule has 0 aromatic carbocycles. The number of hydrogen-bond acceptors (Lipinski definition) is 4. The second-order valence-electron chi connectivity index (χ2n) is 5.26. The molecule has 5 nitrogen and oxygen atoms in total. The molecule has 0 saturated carbocycles. The number of piperidine rings is 1. The molecule has 1 fully saturated rings. The number of amides is 1. The van der Waals surface area contributed by atoms with Crippen molar-refractivity contribution in [3.63, 3.8) is 0 Å². The maximum atomic E-state index is 12.5. The number of carbonyl (C=O) groups excluding carboxylic acids is 2. The van der Waals surface area contributed by atoms with Gasteiger partial charge in [-0.3, -0.25) is 4.79 Å². The van der Waals surface area contributed by atoms with Gasteiger partial charge in [-0.2, -0.15) is 0 Å². The van der Waals surface area contributed by atoms with Gasteiger partial charge in [0.1, 0.15) is 6.04 Å². The van der Waals surface area contributed by atoms with E-state index in [9.17, 15) is 9.59 Å². The average Bonchev–Trinajstić information content (AvgIpc) is 2.40. The van der Waals surface area contributed by atoms with Crippen LogP contribution in [0.1, 0.15) is 46.5 Å². The molecule has 5 heteroatoms. The lowest BCUT2D eigenvalue weighted by molar-refractivity contribution is -0.148. The van der Waals surface area contributed by atoms with Crippen molar-refractivity contribution in [3.05, 3.63) is 0 Å². The molecular formula is C14H26N2O3. The fraction of sp³-hybridized carbons (Fsp3) is 0.857. The van der Waals surface area contributed by atoms with E-state index in [0.717, 1.165) is 32.2 Å². The lowest BCUT2D eigenvalue weighted by Crippen LogP contribution is -2.53. The minimum absolute atomic E-state index is 0.0258. The summed E-state index contributed by atoms with van der Waals surface area (Å²) in [5.41, 5.74) is -0.367. The Morgan fingerprint density at radius 2 is 2.16 bits per heavy atom. The summed E-state index contributed by atoms with van der Waals surface area (Å²) in [6, 6.07) is -0.580. The fourth-order valence-electron chi connectivity index (χ4n) is 2.64. The van der Waals surface area contributed by atoms with Gasteiger partial charge in [0.15, 0.2) is 0 Å². The third-order valence-electron chi connectivity index (χ3n) is 3.67. The van der Waals surface area contributed by atoms with E-state index in [2.05, 4.69) is 17.6 Å². The van der Waals surface area contributed by atoms with Crippen LogP contribution >= 0.6 is 0 Å². The summed E-state index contributed by atoms with van der Waals surface area (Å²) in [6.45, 7) is 7.51. The van der Waals surface area contributed by atoms with Crippen molar-refractivity contribution in [1.29, 1.82) is 0 Å². The van der Waals surface area contributed by atoms with Crippen LogP contribution in [-0.4, -0.2) is 37.6 Å². The number of nitrogens with one attached hydrogen (secondary N) is 2. The average molecular weight is 270 g/mol. The molecule has 0 aromatic heterocycles. The Morgan fingerprint density at radius 1 is 1.42 bits per heavy atom. The van der Waals surface area contributed by atoms with Crippen LogP contribution in [0.5, 0.6) is 0 Å². The minimum atomic E-state index is -0.580. The van der Waals surface area contributed by atoms with Crippen molar-refractivity contribution in [2.45, 2.75) is 52.5 Å². The summed E-state index contributed by atoms with van der Waals surface area (Å²) in [6.07, 6.45) is 3.70. The molecule has 2 unspecified atom stereocenters. The molecule has 0 bridgehead atoms. The number of ether oxygens (including phenoxy) is 1. The van der Waals surface area contributed by atoms with Gasteiger partial charge in [0, 0.05) is 6.54 Å². The van der Waals surface area contributed by atoms with Crippen molar-refractivity contribution in [3.8, 4) is 0 Å². The Kier molecular flexibility index (Phi) is 6.28. The van der Waals surface area contributed by atoms with Crippen LogP contribution in [0.4, 0.5) is 0 Å². The first kappa shape index (κ1) is 16.0. The summed E-state index contributed by atoms with van der Waals surface area (Å²) >= 11 is 0. The van der Waals surface area contributed by atoms with Crippen molar-refractivity contribution in [1.82, 2.24) is 10.6 Å². The Morgan fingerprint density at radius 3 is 2.68 bits per heavy atom. The Balaban J connectivity index is 2.64. The summed E-state index contributed by atoms with van der Waals surface area (Å²) in [5.74, 6) is -0.395. The highest BCUT2D eigenvalue weighted by Crippen LogP contribution is 2.32. The molecule has 1 rings (SSSR count). The molecule has 0 spiro atoms. The second kappa shape index (κ2) is 7.48. The quantitative estimate of drug-likeness (QED) is 0.712. The van der Waals surface area contributed by atoms with E-state index in [0.29, 0.717) is 13.2 Å². The number of hydrogen-bond donors (Lipinski definition) is 2. The Hall–Kier alpha value is -1.10. The van der Waals surface area contributed by atoms with Crippen LogP contribution in [0, 0.1) is 5.41 Å². The van der Waals surface area contributed by atoms with E-state index in [4.69, 9.17) is 4.74 Å². The number of carbonyl (C=O) groups is 2. The molecule has 1 saturated heterocycles. The zero-order valence-electron chi connectivity index (χ0n) is 12.3. The predicted octanol–water partition coefficient (Wildman–Crippen LogP) is 1.22. The van der Waals surface area contributed by atoms with Gasteiger partial charge in [-0.1, -0.05) is 13.3 Å². The fourth-order valence-corrected chi connectivity index (χ4v) is 2.64. The summed E-state index contributed by atoms with van der Waals surface area (Å²) in [7, 11) is 0. The first-order chi connectivity index (χ1) is 9.05. The van der Waals surface area contributed by atoms with Gasteiger partial charge in [0.05, 0.1) is 12.0 Å². The minimum Gasteiger partial charge on any atom is -0.464 e. The van der Waals surface area contributed by atoms with Crippen molar-refractivity contribution in [2.75, 3.05) is 19.7 Å². The number of rotatable bonds is 6. The van der Waals surface area contributed by atoms with E-state index in [1.807, 2.05) is 0 Å². The largest absolute Gasteiger partial charge is 0.464 e. The predicted molar refractivity (Wildman–Crippen MR) is 73.7 cm³/mol. The highest BCUT2D eigenvalue weighted by molar-refractivity contribution is 5.88. The number of esters is 1. The zero-order valence-corrected chi connectivity index (χ0v) is 12.3. The molecule has 1 amide bonds.